The molecular weight excluding hydrogens is 527 g/mol. The second kappa shape index (κ2) is 10.7. The van der Waals surface area contributed by atoms with E-state index in [-0.39, 0.29) is 39.6 Å². The first kappa shape index (κ1) is 26.9. The van der Waals surface area contributed by atoms with E-state index in [1.807, 2.05) is 0 Å². The number of fused-ring (bicyclic) bond motifs is 1. The fourth-order valence-corrected chi connectivity index (χ4v) is 4.62. The molecule has 0 atom stereocenters. The quantitative estimate of drug-likeness (QED) is 0.411. The van der Waals surface area contributed by atoms with Crippen molar-refractivity contribution in [2.45, 2.75) is 19.4 Å². The smallest absolute Gasteiger partial charge is 0.414 e. The fraction of sp³-hybridized carbons (Fsp3) is 0.333. The zero-order valence-corrected chi connectivity index (χ0v) is 22.0. The van der Waals surface area contributed by atoms with Gasteiger partial charge in [-0.2, -0.15) is 8.42 Å². The molecule has 2 N–H and O–H groups in total. The van der Waals surface area contributed by atoms with E-state index in [4.69, 9.17) is 20.8 Å². The van der Waals surface area contributed by atoms with E-state index in [1.54, 1.807) is 6.07 Å². The number of halogens is 2. The number of hydrogen-bond donors (Lipinski definition) is 2. The van der Waals surface area contributed by atoms with Crippen LogP contribution >= 0.6 is 11.6 Å². The van der Waals surface area contributed by atoms with E-state index in [9.17, 15) is 18.0 Å². The number of nitrogens with one attached hydrogen (secondary N) is 2. The summed E-state index contributed by atoms with van der Waals surface area (Å²) in [4.78, 5) is 28.5. The number of hydrogen-bond acceptors (Lipinski definition) is 7. The maximum absolute atomic E-state index is 15.3. The number of likely N-dealkylation sites (tertiary alicyclic amines) is 1. The zero-order valence-electron chi connectivity index (χ0n) is 20.4. The Balaban J connectivity index is 1.81. The van der Waals surface area contributed by atoms with Crippen LogP contribution in [0.1, 0.15) is 23.1 Å². The summed E-state index contributed by atoms with van der Waals surface area (Å²) in [6.07, 6.45) is 0.227. The third-order valence-electron chi connectivity index (χ3n) is 6.02. The van der Waals surface area contributed by atoms with Gasteiger partial charge in [-0.25, -0.2) is 18.7 Å². The van der Waals surface area contributed by atoms with Crippen LogP contribution < -0.4 is 19.8 Å². The average Bonchev–Trinajstić information content (AvgIpc) is 2.81. The van der Waals surface area contributed by atoms with Crippen molar-refractivity contribution in [3.05, 3.63) is 68.3 Å². The van der Waals surface area contributed by atoms with Crippen molar-refractivity contribution in [1.82, 2.24) is 14.5 Å². The standard InChI is InChI=1S/C24H26ClFN4O6S/c1-27-37(33,34)28-19-7-4-6-14(22(19)26)10-16-17(13-30-8-5-9-30)15-11-18(25)21(36-24(32)29(2)3)12-20(15)35-23(16)31/h4,6-7,11-12,27-28H,5,8-10,13H2,1-3H3. The summed E-state index contributed by atoms with van der Waals surface area (Å²) < 4.78 is 54.0. The van der Waals surface area contributed by atoms with Crippen LogP contribution in [0.5, 0.6) is 5.75 Å². The molecule has 0 saturated carbocycles. The summed E-state index contributed by atoms with van der Waals surface area (Å²) in [6, 6.07) is 7.20. The molecule has 13 heteroatoms. The molecule has 3 aromatic rings. The van der Waals surface area contributed by atoms with Crippen LogP contribution in [-0.2, 0) is 23.2 Å². The minimum Gasteiger partial charge on any atom is -0.422 e. The van der Waals surface area contributed by atoms with Crippen LogP contribution in [0.15, 0.2) is 39.5 Å². The number of rotatable bonds is 8. The van der Waals surface area contributed by atoms with Gasteiger partial charge in [-0.3, -0.25) is 9.62 Å². The minimum atomic E-state index is -3.94. The molecule has 1 fully saturated rings. The number of anilines is 1. The Morgan fingerprint density at radius 1 is 1.24 bits per heavy atom. The first-order valence-corrected chi connectivity index (χ1v) is 13.2. The van der Waals surface area contributed by atoms with Crippen molar-refractivity contribution in [2.75, 3.05) is 39.0 Å². The summed E-state index contributed by atoms with van der Waals surface area (Å²) in [5, 5.41) is 0.672. The molecule has 0 radical (unpaired) electrons. The Morgan fingerprint density at radius 3 is 2.59 bits per heavy atom. The number of benzene rings is 2. The number of amides is 1. The molecule has 10 nitrogen and oxygen atoms in total. The van der Waals surface area contributed by atoms with Crippen LogP contribution in [-0.4, -0.2) is 58.5 Å². The van der Waals surface area contributed by atoms with Crippen LogP contribution in [0.3, 0.4) is 0 Å². The average molecular weight is 553 g/mol. The maximum atomic E-state index is 15.3. The first-order chi connectivity index (χ1) is 17.5. The highest BCUT2D eigenvalue weighted by atomic mass is 35.5. The summed E-state index contributed by atoms with van der Waals surface area (Å²) >= 11 is 6.42. The number of ether oxygens (including phenoxy) is 1. The second-order valence-electron chi connectivity index (χ2n) is 8.78. The molecule has 1 aliphatic rings. The summed E-state index contributed by atoms with van der Waals surface area (Å²) in [6.45, 7) is 2.07. The second-order valence-corrected chi connectivity index (χ2v) is 10.8. The number of carbonyl (C=O) groups excluding carboxylic acids is 1. The molecular formula is C24H26ClFN4O6S. The lowest BCUT2D eigenvalue weighted by atomic mass is 9.96. The van der Waals surface area contributed by atoms with Crippen LogP contribution in [0.25, 0.3) is 11.0 Å². The van der Waals surface area contributed by atoms with Crippen molar-refractivity contribution in [2.24, 2.45) is 0 Å². The topological polar surface area (TPSA) is 121 Å². The SMILES string of the molecule is CNS(=O)(=O)Nc1cccc(Cc2c(CN3CCC3)c3cc(Cl)c(OC(=O)N(C)C)cc3oc2=O)c1F. The molecule has 198 valence electrons. The molecule has 2 aromatic carbocycles. The van der Waals surface area contributed by atoms with Crippen LogP contribution in [0.2, 0.25) is 5.02 Å². The first-order valence-electron chi connectivity index (χ1n) is 11.4. The van der Waals surface area contributed by atoms with Gasteiger partial charge in [-0.1, -0.05) is 23.7 Å². The molecule has 0 spiro atoms. The van der Waals surface area contributed by atoms with E-state index in [0.717, 1.165) is 19.5 Å². The van der Waals surface area contributed by atoms with Crippen molar-refractivity contribution in [3.8, 4) is 5.75 Å². The number of nitrogens with zero attached hydrogens (tertiary/aromatic N) is 2. The van der Waals surface area contributed by atoms with Gasteiger partial charge in [0.2, 0.25) is 0 Å². The molecule has 0 bridgehead atoms. The van der Waals surface area contributed by atoms with Crippen molar-refractivity contribution in [1.29, 1.82) is 0 Å². The highest BCUT2D eigenvalue weighted by Crippen LogP contribution is 2.34. The lowest BCUT2D eigenvalue weighted by Crippen LogP contribution is -2.37. The van der Waals surface area contributed by atoms with E-state index < -0.39 is 27.7 Å². The van der Waals surface area contributed by atoms with Gasteiger partial charge in [0, 0.05) is 51.1 Å². The molecule has 4 rings (SSSR count). The maximum Gasteiger partial charge on any atom is 0.414 e. The van der Waals surface area contributed by atoms with Gasteiger partial charge in [0.25, 0.3) is 10.2 Å². The van der Waals surface area contributed by atoms with Crippen molar-refractivity contribution >= 4 is 44.6 Å². The monoisotopic (exact) mass is 552 g/mol. The fourth-order valence-electron chi connectivity index (χ4n) is 3.87. The molecule has 1 aliphatic heterocycles. The van der Waals surface area contributed by atoms with Crippen LogP contribution in [0, 0.1) is 5.82 Å². The summed E-state index contributed by atoms with van der Waals surface area (Å²) in [7, 11) is 0.295. The predicted octanol–water partition coefficient (Wildman–Crippen LogP) is 3.32. The third kappa shape index (κ3) is 5.87. The van der Waals surface area contributed by atoms with Gasteiger partial charge in [-0.05, 0) is 42.8 Å². The third-order valence-corrected chi connectivity index (χ3v) is 7.35. The molecule has 2 heterocycles. The molecule has 1 amide bonds. The normalized spacial score (nSPS) is 13.9. The van der Waals surface area contributed by atoms with Gasteiger partial charge in [0.1, 0.15) is 5.58 Å². The zero-order chi connectivity index (χ0) is 26.9. The van der Waals surface area contributed by atoms with Crippen LogP contribution in [0.4, 0.5) is 14.9 Å². The van der Waals surface area contributed by atoms with Gasteiger partial charge in [0.05, 0.1) is 10.7 Å². The van der Waals surface area contributed by atoms with E-state index >= 15 is 4.39 Å². The van der Waals surface area contributed by atoms with Crippen molar-refractivity contribution in [3.63, 3.8) is 0 Å². The Bertz CT molecular complexity index is 1520. The predicted molar refractivity (Wildman–Crippen MR) is 138 cm³/mol. The Hall–Kier alpha value is -3.19. The van der Waals surface area contributed by atoms with Gasteiger partial charge in [-0.15, -0.1) is 0 Å². The molecule has 37 heavy (non-hydrogen) atoms. The summed E-state index contributed by atoms with van der Waals surface area (Å²) in [5.41, 5.74) is 0.175. The Morgan fingerprint density at radius 2 is 1.97 bits per heavy atom. The van der Waals surface area contributed by atoms with E-state index in [0.29, 0.717) is 17.5 Å². The van der Waals surface area contributed by atoms with E-state index in [1.165, 1.54) is 50.3 Å². The Kier molecular flexibility index (Phi) is 7.74. The highest BCUT2D eigenvalue weighted by Gasteiger charge is 2.24. The van der Waals surface area contributed by atoms with Gasteiger partial charge < -0.3 is 14.1 Å². The number of carbonyl (C=O) groups is 1. The lowest BCUT2D eigenvalue weighted by molar-refractivity contribution is 0.172. The molecule has 0 aliphatic carbocycles. The highest BCUT2D eigenvalue weighted by molar-refractivity contribution is 7.90. The van der Waals surface area contributed by atoms with Gasteiger partial charge >= 0.3 is 11.7 Å². The molecule has 0 unspecified atom stereocenters. The lowest BCUT2D eigenvalue weighted by Gasteiger charge is -2.31. The molecule has 1 saturated heterocycles. The Labute approximate surface area is 218 Å². The summed E-state index contributed by atoms with van der Waals surface area (Å²) in [5.74, 6) is -0.770. The minimum absolute atomic E-state index is 0.0363. The largest absolute Gasteiger partial charge is 0.422 e. The molecule has 1 aromatic heterocycles. The van der Waals surface area contributed by atoms with Crippen molar-refractivity contribution < 1.29 is 26.8 Å². The van der Waals surface area contributed by atoms with Gasteiger partial charge in [0.15, 0.2) is 11.6 Å². The van der Waals surface area contributed by atoms with E-state index in [2.05, 4.69) is 14.3 Å².